The Morgan fingerprint density at radius 2 is 1.85 bits per heavy atom. The fraction of sp³-hybridized carbons (Fsp3) is 0.158. The zero-order valence-electron chi connectivity index (χ0n) is 14.6. The number of halogens is 1. The van der Waals surface area contributed by atoms with Crippen molar-refractivity contribution in [2.45, 2.75) is 6.54 Å². The molecule has 0 aliphatic carbocycles. The van der Waals surface area contributed by atoms with Gasteiger partial charge in [0.25, 0.3) is 5.91 Å². The Labute approximate surface area is 160 Å². The van der Waals surface area contributed by atoms with Gasteiger partial charge >= 0.3 is 5.91 Å². The number of amides is 2. The highest BCUT2D eigenvalue weighted by molar-refractivity contribution is 6.30. The van der Waals surface area contributed by atoms with Crippen LogP contribution in [0.15, 0.2) is 63.6 Å². The van der Waals surface area contributed by atoms with Crippen LogP contribution in [0.2, 0.25) is 5.02 Å². The highest BCUT2D eigenvalue weighted by Crippen LogP contribution is 2.23. The van der Waals surface area contributed by atoms with Crippen LogP contribution in [0.25, 0.3) is 11.3 Å². The van der Waals surface area contributed by atoms with E-state index < -0.39 is 5.91 Å². The van der Waals surface area contributed by atoms with Gasteiger partial charge in [-0.1, -0.05) is 11.6 Å². The molecule has 0 bridgehead atoms. The quantitative estimate of drug-likeness (QED) is 0.560. The van der Waals surface area contributed by atoms with Gasteiger partial charge in [0.1, 0.15) is 12.3 Å². The summed E-state index contributed by atoms with van der Waals surface area (Å²) in [7, 11) is 1.86. The zero-order valence-corrected chi connectivity index (χ0v) is 15.4. The van der Waals surface area contributed by atoms with Gasteiger partial charge in [-0.3, -0.25) is 20.4 Å². The third-order valence-electron chi connectivity index (χ3n) is 3.79. The van der Waals surface area contributed by atoms with Gasteiger partial charge < -0.3 is 13.7 Å². The molecule has 2 amide bonds. The Balaban J connectivity index is 1.47. The summed E-state index contributed by atoms with van der Waals surface area (Å²) in [5, 5.41) is 0.667. The Morgan fingerprint density at radius 3 is 2.56 bits per heavy atom. The number of likely N-dealkylation sites (N-methyl/N-ethyl adjacent to an activating group) is 1. The van der Waals surface area contributed by atoms with Crippen molar-refractivity contribution < 1.29 is 23.3 Å². The topological polar surface area (TPSA) is 88.9 Å². The molecule has 7 nitrogen and oxygen atoms in total. The average molecular weight is 389 g/mol. The molecule has 3 aromatic rings. The minimum absolute atomic E-state index is 0.126. The van der Waals surface area contributed by atoms with Crippen LogP contribution >= 0.6 is 11.6 Å². The van der Waals surface area contributed by atoms with Crippen molar-refractivity contribution >= 4 is 23.4 Å². The van der Waals surface area contributed by atoms with E-state index in [1.54, 1.807) is 18.2 Å². The molecule has 0 fully saturated rings. The maximum atomic E-state index is 12.0. The lowest BCUT2D eigenvalue weighted by molar-refractivity contribution is -0.886. The summed E-state index contributed by atoms with van der Waals surface area (Å²) in [4.78, 5) is 24.6. The van der Waals surface area contributed by atoms with Crippen molar-refractivity contribution in [2.24, 2.45) is 0 Å². The van der Waals surface area contributed by atoms with Crippen LogP contribution in [0.5, 0.6) is 0 Å². The zero-order chi connectivity index (χ0) is 19.2. The van der Waals surface area contributed by atoms with Crippen LogP contribution in [0.1, 0.15) is 16.3 Å². The van der Waals surface area contributed by atoms with Crippen LogP contribution in [0, 0.1) is 0 Å². The molecule has 0 aliphatic rings. The number of rotatable bonds is 6. The molecule has 1 unspecified atom stereocenters. The molecule has 0 saturated carbocycles. The first-order valence-electron chi connectivity index (χ1n) is 8.30. The largest absolute Gasteiger partial charge is 0.459 e. The third-order valence-corrected chi connectivity index (χ3v) is 4.04. The van der Waals surface area contributed by atoms with Crippen LogP contribution in [-0.4, -0.2) is 25.4 Å². The first-order chi connectivity index (χ1) is 13.0. The number of benzene rings is 1. The summed E-state index contributed by atoms with van der Waals surface area (Å²) >= 11 is 5.89. The van der Waals surface area contributed by atoms with Crippen molar-refractivity contribution in [3.63, 3.8) is 0 Å². The van der Waals surface area contributed by atoms with Crippen molar-refractivity contribution in [1.82, 2.24) is 10.9 Å². The van der Waals surface area contributed by atoms with E-state index in [9.17, 15) is 9.59 Å². The van der Waals surface area contributed by atoms with E-state index in [0.29, 0.717) is 11.6 Å². The van der Waals surface area contributed by atoms with E-state index in [1.165, 1.54) is 12.3 Å². The van der Waals surface area contributed by atoms with Gasteiger partial charge in [-0.15, -0.1) is 0 Å². The van der Waals surface area contributed by atoms with Gasteiger partial charge in [-0.05, 0) is 48.5 Å². The van der Waals surface area contributed by atoms with E-state index in [1.807, 2.05) is 31.3 Å². The first kappa shape index (κ1) is 18.8. The Bertz CT molecular complexity index is 903. The number of quaternary nitrogens is 1. The van der Waals surface area contributed by atoms with Gasteiger partial charge in [-0.2, -0.15) is 0 Å². The van der Waals surface area contributed by atoms with Crippen molar-refractivity contribution in [1.29, 1.82) is 0 Å². The van der Waals surface area contributed by atoms with Crippen LogP contribution in [0.3, 0.4) is 0 Å². The molecule has 140 valence electrons. The highest BCUT2D eigenvalue weighted by Gasteiger charge is 2.15. The lowest BCUT2D eigenvalue weighted by Gasteiger charge is -2.12. The van der Waals surface area contributed by atoms with Gasteiger partial charge in [-0.25, -0.2) is 0 Å². The number of furan rings is 2. The molecule has 8 heteroatoms. The van der Waals surface area contributed by atoms with Crippen LogP contribution < -0.4 is 15.8 Å². The van der Waals surface area contributed by atoms with Gasteiger partial charge in [0.2, 0.25) is 0 Å². The van der Waals surface area contributed by atoms with Crippen molar-refractivity contribution in [2.75, 3.05) is 13.6 Å². The predicted octanol–water partition coefficient (Wildman–Crippen LogP) is 1.67. The second kappa shape index (κ2) is 8.57. The Morgan fingerprint density at radius 1 is 1.07 bits per heavy atom. The molecule has 0 radical (unpaired) electrons. The minimum Gasteiger partial charge on any atom is -0.459 e. The molecule has 0 aliphatic heterocycles. The Hall–Kier alpha value is -3.03. The first-order valence-corrected chi connectivity index (χ1v) is 8.67. The highest BCUT2D eigenvalue weighted by atomic mass is 35.5. The third kappa shape index (κ3) is 5.22. The summed E-state index contributed by atoms with van der Waals surface area (Å²) in [5.41, 5.74) is 5.60. The molecule has 3 rings (SSSR count). The minimum atomic E-state index is -0.510. The summed E-state index contributed by atoms with van der Waals surface area (Å²) in [5.74, 6) is 0.789. The summed E-state index contributed by atoms with van der Waals surface area (Å²) < 4.78 is 10.8. The smallest absolute Gasteiger partial charge is 0.305 e. The number of hydrogen-bond donors (Lipinski definition) is 3. The van der Waals surface area contributed by atoms with Crippen molar-refractivity contribution in [3.05, 3.63) is 71.3 Å². The predicted molar refractivity (Wildman–Crippen MR) is 98.9 cm³/mol. The number of carbonyl (C=O) groups excluding carboxylic acids is 2. The summed E-state index contributed by atoms with van der Waals surface area (Å²) in [6, 6.07) is 14.2. The molecule has 1 aromatic carbocycles. The fourth-order valence-electron chi connectivity index (χ4n) is 2.52. The van der Waals surface area contributed by atoms with Crippen molar-refractivity contribution in [3.8, 4) is 11.3 Å². The average Bonchev–Trinajstić information content (AvgIpc) is 3.32. The summed E-state index contributed by atoms with van der Waals surface area (Å²) in [6.07, 6.45) is 1.39. The molecule has 27 heavy (non-hydrogen) atoms. The maximum absolute atomic E-state index is 12.0. The summed E-state index contributed by atoms with van der Waals surface area (Å²) in [6.45, 7) is 0.683. The molecule has 0 spiro atoms. The maximum Gasteiger partial charge on any atom is 0.305 e. The van der Waals surface area contributed by atoms with E-state index >= 15 is 0 Å². The molecule has 2 heterocycles. The number of hydrazine groups is 1. The SMILES string of the molecule is C[NH+](CC(=O)NNC(=O)c1ccco1)Cc1ccc(-c2ccc(Cl)cc2)o1. The van der Waals surface area contributed by atoms with Crippen LogP contribution in [0.4, 0.5) is 0 Å². The van der Waals surface area contributed by atoms with Gasteiger partial charge in [0.05, 0.1) is 13.3 Å². The normalized spacial score (nSPS) is 11.8. The van der Waals surface area contributed by atoms with E-state index in [4.69, 9.17) is 20.4 Å². The second-order valence-electron chi connectivity index (χ2n) is 6.06. The molecule has 3 N–H and O–H groups in total. The number of hydrogen-bond acceptors (Lipinski definition) is 4. The standard InChI is InChI=1S/C19H18ClN3O4/c1-23(12-18(24)21-22-19(25)17-3-2-10-26-17)11-15-8-9-16(27-15)13-4-6-14(20)7-5-13/h2-10H,11-12H2,1H3,(H,21,24)(H,22,25)/p+1. The van der Waals surface area contributed by atoms with E-state index in [-0.39, 0.29) is 18.2 Å². The van der Waals surface area contributed by atoms with Gasteiger partial charge in [0, 0.05) is 10.6 Å². The van der Waals surface area contributed by atoms with E-state index in [0.717, 1.165) is 22.0 Å². The number of carbonyl (C=O) groups is 2. The van der Waals surface area contributed by atoms with Crippen LogP contribution in [-0.2, 0) is 11.3 Å². The number of nitrogens with one attached hydrogen (secondary N) is 3. The molecule has 0 saturated heterocycles. The molecular weight excluding hydrogens is 370 g/mol. The molecular formula is C19H19ClN3O4+. The second-order valence-corrected chi connectivity index (χ2v) is 6.50. The Kier molecular flexibility index (Phi) is 5.95. The lowest BCUT2D eigenvalue weighted by Crippen LogP contribution is -3.09. The van der Waals surface area contributed by atoms with E-state index in [2.05, 4.69) is 10.9 Å². The monoisotopic (exact) mass is 388 g/mol. The molecule has 2 aromatic heterocycles. The fourth-order valence-corrected chi connectivity index (χ4v) is 2.64. The van der Waals surface area contributed by atoms with Gasteiger partial charge in [0.15, 0.2) is 18.1 Å². The lowest BCUT2D eigenvalue weighted by atomic mass is 10.2. The molecule has 1 atom stereocenters.